The van der Waals surface area contributed by atoms with Crippen LogP contribution in [0.25, 0.3) is 0 Å². The molecular weight excluding hydrogens is 288 g/mol. The molecule has 0 aromatic carbocycles. The van der Waals surface area contributed by atoms with Gasteiger partial charge in [0.2, 0.25) is 0 Å². The van der Waals surface area contributed by atoms with Gasteiger partial charge in [0.15, 0.2) is 0 Å². The van der Waals surface area contributed by atoms with E-state index in [1.54, 1.807) is 0 Å². The summed E-state index contributed by atoms with van der Waals surface area (Å²) in [5.74, 6) is 0. The standard InChI is InChI=1S/C5H6ClF6NS2/c1-3(2,6)13(14-4(7,8)9)15-5(10,11)12/h1-2H3. The van der Waals surface area contributed by atoms with Crippen molar-refractivity contribution in [2.45, 2.75) is 29.9 Å². The smallest absolute Gasteiger partial charge is 0.159 e. The highest BCUT2D eigenvalue weighted by atomic mass is 35.5. The average Bonchev–Trinajstić information content (AvgIpc) is 1.75. The molecule has 0 aliphatic heterocycles. The van der Waals surface area contributed by atoms with Crippen LogP contribution in [0, 0.1) is 0 Å². The first-order valence-corrected chi connectivity index (χ1v) is 5.24. The van der Waals surface area contributed by atoms with Crippen LogP contribution in [-0.2, 0) is 0 Å². The van der Waals surface area contributed by atoms with Crippen LogP contribution in [0.5, 0.6) is 0 Å². The van der Waals surface area contributed by atoms with Crippen LogP contribution in [-0.4, -0.2) is 19.7 Å². The van der Waals surface area contributed by atoms with E-state index in [9.17, 15) is 26.3 Å². The summed E-state index contributed by atoms with van der Waals surface area (Å²) in [6.07, 6.45) is 0. The second-order valence-corrected chi connectivity index (χ2v) is 5.92. The largest absolute Gasteiger partial charge is 0.457 e. The van der Waals surface area contributed by atoms with Gasteiger partial charge in [-0.2, -0.15) is 30.1 Å². The molecule has 0 heterocycles. The molecule has 0 aliphatic carbocycles. The van der Waals surface area contributed by atoms with Crippen molar-refractivity contribution >= 4 is 35.5 Å². The highest BCUT2D eigenvalue weighted by molar-refractivity contribution is 8.12. The number of nitrogens with zero attached hydrogens (tertiary/aromatic N) is 1. The number of halogens is 7. The molecule has 0 radical (unpaired) electrons. The average molecular weight is 294 g/mol. The van der Waals surface area contributed by atoms with Crippen LogP contribution in [0.4, 0.5) is 26.3 Å². The zero-order valence-electron chi connectivity index (χ0n) is 7.41. The molecule has 0 saturated heterocycles. The molecule has 0 bridgehead atoms. The van der Waals surface area contributed by atoms with Crippen molar-refractivity contribution in [3.8, 4) is 0 Å². The fourth-order valence-corrected chi connectivity index (χ4v) is 2.10. The zero-order chi connectivity index (χ0) is 12.5. The highest BCUT2D eigenvalue weighted by Crippen LogP contribution is 2.48. The quantitative estimate of drug-likeness (QED) is 0.324. The van der Waals surface area contributed by atoms with Gasteiger partial charge in [-0.25, -0.2) is 0 Å². The molecule has 0 fully saturated rings. The van der Waals surface area contributed by atoms with E-state index in [0.717, 1.165) is 13.8 Å². The first-order chi connectivity index (χ1) is 6.31. The molecule has 0 aromatic heterocycles. The second kappa shape index (κ2) is 4.80. The van der Waals surface area contributed by atoms with Gasteiger partial charge in [-0.15, -0.1) is 11.6 Å². The molecule has 0 aliphatic rings. The summed E-state index contributed by atoms with van der Waals surface area (Å²) in [5.41, 5.74) is -9.63. The third-order valence-electron chi connectivity index (χ3n) is 0.807. The minimum atomic E-state index is -4.82. The Morgan fingerprint density at radius 1 is 0.867 bits per heavy atom. The van der Waals surface area contributed by atoms with Crippen LogP contribution in [0.1, 0.15) is 13.8 Å². The van der Waals surface area contributed by atoms with E-state index in [-0.39, 0.29) is 3.71 Å². The van der Waals surface area contributed by atoms with Crippen molar-refractivity contribution in [2.24, 2.45) is 0 Å². The van der Waals surface area contributed by atoms with Crippen LogP contribution >= 0.6 is 35.5 Å². The molecule has 0 saturated carbocycles. The molecule has 0 spiro atoms. The third kappa shape index (κ3) is 8.35. The number of alkyl halides is 7. The summed E-state index contributed by atoms with van der Waals surface area (Å²) in [6.45, 7) is 2.07. The number of rotatable bonds is 3. The SMILES string of the molecule is CC(C)(Cl)N(SC(F)(F)F)SC(F)(F)F. The molecule has 0 amide bonds. The van der Waals surface area contributed by atoms with Gasteiger partial charge < -0.3 is 0 Å². The molecule has 0 rings (SSSR count). The maximum atomic E-state index is 11.9. The molecule has 92 valence electrons. The molecule has 0 N–H and O–H groups in total. The second-order valence-electron chi connectivity index (χ2n) is 2.74. The lowest BCUT2D eigenvalue weighted by Crippen LogP contribution is -2.33. The predicted octanol–water partition coefficient (Wildman–Crippen LogP) is 4.60. The monoisotopic (exact) mass is 293 g/mol. The summed E-state index contributed by atoms with van der Waals surface area (Å²) in [4.78, 5) is -1.78. The summed E-state index contributed by atoms with van der Waals surface area (Å²) >= 11 is 3.56. The minimum absolute atomic E-state index is 0.0471. The molecule has 1 nitrogen and oxygen atoms in total. The Morgan fingerprint density at radius 2 is 1.13 bits per heavy atom. The van der Waals surface area contributed by atoms with Crippen LogP contribution in [0.2, 0.25) is 0 Å². The van der Waals surface area contributed by atoms with Crippen molar-refractivity contribution in [1.29, 1.82) is 0 Å². The fraction of sp³-hybridized carbons (Fsp3) is 1.00. The van der Waals surface area contributed by atoms with E-state index in [4.69, 9.17) is 11.6 Å². The topological polar surface area (TPSA) is 3.24 Å². The van der Waals surface area contributed by atoms with E-state index in [1.807, 2.05) is 0 Å². The van der Waals surface area contributed by atoms with Gasteiger partial charge in [0.05, 0.1) is 0 Å². The van der Waals surface area contributed by atoms with Crippen molar-refractivity contribution in [3.63, 3.8) is 0 Å². The van der Waals surface area contributed by atoms with Crippen molar-refractivity contribution < 1.29 is 26.3 Å². The minimum Gasteiger partial charge on any atom is -0.159 e. The van der Waals surface area contributed by atoms with Gasteiger partial charge in [-0.1, -0.05) is 0 Å². The molecule has 0 atom stereocenters. The van der Waals surface area contributed by atoms with Crippen molar-refractivity contribution in [1.82, 2.24) is 3.71 Å². The Labute approximate surface area is 95.8 Å². The Morgan fingerprint density at radius 3 is 1.27 bits per heavy atom. The Balaban J connectivity index is 4.62. The molecule has 0 unspecified atom stereocenters. The summed E-state index contributed by atoms with van der Waals surface area (Å²) in [5, 5.41) is 0. The van der Waals surface area contributed by atoms with Gasteiger partial charge in [0.25, 0.3) is 0 Å². The predicted molar refractivity (Wildman–Crippen MR) is 49.1 cm³/mol. The highest BCUT2D eigenvalue weighted by Gasteiger charge is 2.45. The van der Waals surface area contributed by atoms with Gasteiger partial charge in [0.1, 0.15) is 5.00 Å². The van der Waals surface area contributed by atoms with Crippen LogP contribution in [0.15, 0.2) is 0 Å². The molecular formula is C5H6ClF6NS2. The molecule has 0 aromatic rings. The first-order valence-electron chi connectivity index (χ1n) is 3.32. The van der Waals surface area contributed by atoms with Crippen LogP contribution < -0.4 is 0 Å². The fourth-order valence-electron chi connectivity index (χ4n) is 0.424. The number of hydrogen-bond acceptors (Lipinski definition) is 3. The van der Waals surface area contributed by atoms with E-state index >= 15 is 0 Å². The zero-order valence-corrected chi connectivity index (χ0v) is 9.80. The normalized spacial score (nSPS) is 14.8. The number of hydrogen-bond donors (Lipinski definition) is 0. The summed E-state index contributed by atoms with van der Waals surface area (Å²) in [7, 11) is 0. The Bertz CT molecular complexity index is 193. The van der Waals surface area contributed by atoms with Crippen LogP contribution in [0.3, 0.4) is 0 Å². The Hall–Kier alpha value is 0.530. The lowest BCUT2D eigenvalue weighted by Gasteiger charge is -2.31. The van der Waals surface area contributed by atoms with E-state index in [0.29, 0.717) is 0 Å². The van der Waals surface area contributed by atoms with E-state index in [1.165, 1.54) is 0 Å². The third-order valence-corrected chi connectivity index (χ3v) is 3.28. The van der Waals surface area contributed by atoms with Gasteiger partial charge >= 0.3 is 11.0 Å². The maximum absolute atomic E-state index is 11.9. The molecule has 15 heavy (non-hydrogen) atoms. The van der Waals surface area contributed by atoms with E-state index in [2.05, 4.69) is 0 Å². The van der Waals surface area contributed by atoms with Gasteiger partial charge in [0, 0.05) is 23.9 Å². The summed E-state index contributed by atoms with van der Waals surface area (Å²) in [6, 6.07) is 0. The first kappa shape index (κ1) is 15.5. The summed E-state index contributed by atoms with van der Waals surface area (Å²) < 4.78 is 71.3. The molecule has 10 heteroatoms. The van der Waals surface area contributed by atoms with Gasteiger partial charge in [-0.05, 0) is 13.8 Å². The Kier molecular flexibility index (Phi) is 4.97. The lowest BCUT2D eigenvalue weighted by atomic mass is 10.4. The van der Waals surface area contributed by atoms with E-state index < -0.39 is 39.9 Å². The lowest BCUT2D eigenvalue weighted by molar-refractivity contribution is -0.0393. The van der Waals surface area contributed by atoms with Crippen molar-refractivity contribution in [3.05, 3.63) is 0 Å². The van der Waals surface area contributed by atoms with Crippen molar-refractivity contribution in [2.75, 3.05) is 0 Å². The maximum Gasteiger partial charge on any atom is 0.457 e. The van der Waals surface area contributed by atoms with Gasteiger partial charge in [-0.3, -0.25) is 0 Å².